The van der Waals surface area contributed by atoms with Crippen molar-refractivity contribution in [3.05, 3.63) is 71.8 Å². The van der Waals surface area contributed by atoms with Crippen molar-refractivity contribution in [2.75, 3.05) is 13.8 Å². The van der Waals surface area contributed by atoms with Crippen LogP contribution in [0.5, 0.6) is 0 Å². The van der Waals surface area contributed by atoms with E-state index in [9.17, 15) is 9.18 Å². The fourth-order valence-electron chi connectivity index (χ4n) is 2.36. The van der Waals surface area contributed by atoms with Gasteiger partial charge in [-0.3, -0.25) is 9.69 Å². The Hall–Kier alpha value is -2.20. The van der Waals surface area contributed by atoms with Crippen molar-refractivity contribution in [3.8, 4) is 0 Å². The molecule has 0 radical (unpaired) electrons. The SMILES string of the molecule is COC(=O)[C@H](CF)N(Cc1ccccc1)Cc1ccccc1. The third-order valence-corrected chi connectivity index (χ3v) is 3.52. The van der Waals surface area contributed by atoms with E-state index in [0.717, 1.165) is 11.1 Å². The molecule has 3 nitrogen and oxygen atoms in total. The van der Waals surface area contributed by atoms with E-state index in [2.05, 4.69) is 0 Å². The van der Waals surface area contributed by atoms with Crippen molar-refractivity contribution in [2.24, 2.45) is 0 Å². The van der Waals surface area contributed by atoms with Gasteiger partial charge < -0.3 is 4.74 Å². The zero-order chi connectivity index (χ0) is 15.8. The second kappa shape index (κ2) is 8.29. The fourth-order valence-corrected chi connectivity index (χ4v) is 2.36. The molecule has 0 saturated carbocycles. The van der Waals surface area contributed by atoms with Gasteiger partial charge in [0.05, 0.1) is 7.11 Å². The summed E-state index contributed by atoms with van der Waals surface area (Å²) in [5.41, 5.74) is 2.06. The minimum atomic E-state index is -0.898. The summed E-state index contributed by atoms with van der Waals surface area (Å²) in [6, 6.07) is 18.5. The van der Waals surface area contributed by atoms with E-state index >= 15 is 0 Å². The van der Waals surface area contributed by atoms with Crippen molar-refractivity contribution in [1.29, 1.82) is 0 Å². The Kier molecular flexibility index (Phi) is 6.10. The number of alkyl halides is 1. The molecule has 0 saturated heterocycles. The van der Waals surface area contributed by atoms with Crippen LogP contribution in [-0.4, -0.2) is 30.7 Å². The van der Waals surface area contributed by atoms with Crippen molar-refractivity contribution >= 4 is 5.97 Å². The monoisotopic (exact) mass is 301 g/mol. The second-order valence-corrected chi connectivity index (χ2v) is 5.07. The largest absolute Gasteiger partial charge is 0.468 e. The zero-order valence-corrected chi connectivity index (χ0v) is 12.6. The van der Waals surface area contributed by atoms with Crippen LogP contribution in [0.4, 0.5) is 4.39 Å². The Morgan fingerprint density at radius 2 is 1.45 bits per heavy atom. The Morgan fingerprint density at radius 1 is 1.00 bits per heavy atom. The number of rotatable bonds is 7. The molecule has 0 aliphatic heterocycles. The lowest BCUT2D eigenvalue weighted by molar-refractivity contribution is -0.148. The van der Waals surface area contributed by atoms with Crippen LogP contribution in [-0.2, 0) is 22.6 Å². The van der Waals surface area contributed by atoms with Gasteiger partial charge in [0.2, 0.25) is 0 Å². The summed E-state index contributed by atoms with van der Waals surface area (Å²) in [7, 11) is 1.29. The van der Waals surface area contributed by atoms with Gasteiger partial charge in [-0.05, 0) is 11.1 Å². The number of carbonyl (C=O) groups excluding carboxylic acids is 1. The normalized spacial score (nSPS) is 12.1. The second-order valence-electron chi connectivity index (χ2n) is 5.07. The quantitative estimate of drug-likeness (QED) is 0.736. The zero-order valence-electron chi connectivity index (χ0n) is 12.6. The smallest absolute Gasteiger partial charge is 0.325 e. The summed E-state index contributed by atoms with van der Waals surface area (Å²) in [6.45, 7) is 0.200. The van der Waals surface area contributed by atoms with Crippen LogP contribution >= 0.6 is 0 Å². The van der Waals surface area contributed by atoms with Gasteiger partial charge in [-0.15, -0.1) is 0 Å². The predicted octanol–water partition coefficient (Wildman–Crippen LogP) is 3.20. The maximum Gasteiger partial charge on any atom is 0.325 e. The Balaban J connectivity index is 2.21. The number of carbonyl (C=O) groups is 1. The number of ether oxygens (including phenoxy) is 1. The first-order valence-corrected chi connectivity index (χ1v) is 7.20. The molecule has 1 atom stereocenters. The highest BCUT2D eigenvalue weighted by molar-refractivity contribution is 5.75. The predicted molar refractivity (Wildman–Crippen MR) is 83.9 cm³/mol. The number of methoxy groups -OCH3 is 1. The lowest BCUT2D eigenvalue weighted by Gasteiger charge is -2.28. The third-order valence-electron chi connectivity index (χ3n) is 3.52. The molecule has 4 heteroatoms. The van der Waals surface area contributed by atoms with Gasteiger partial charge in [0, 0.05) is 13.1 Å². The topological polar surface area (TPSA) is 29.5 Å². The van der Waals surface area contributed by atoms with Gasteiger partial charge in [-0.2, -0.15) is 0 Å². The molecule has 0 spiro atoms. The average Bonchev–Trinajstić information content (AvgIpc) is 2.57. The summed E-state index contributed by atoms with van der Waals surface area (Å²) in [5, 5.41) is 0. The number of esters is 1. The number of benzene rings is 2. The molecule has 0 N–H and O–H groups in total. The van der Waals surface area contributed by atoms with Crippen molar-refractivity contribution in [2.45, 2.75) is 19.1 Å². The molecule has 2 rings (SSSR count). The van der Waals surface area contributed by atoms with Gasteiger partial charge in [0.1, 0.15) is 12.7 Å². The summed E-state index contributed by atoms with van der Waals surface area (Å²) >= 11 is 0. The first-order valence-electron chi connectivity index (χ1n) is 7.20. The van der Waals surface area contributed by atoms with Crippen LogP contribution in [0, 0.1) is 0 Å². The molecule has 0 bridgehead atoms. The summed E-state index contributed by atoms with van der Waals surface area (Å²) in [4.78, 5) is 13.7. The van der Waals surface area contributed by atoms with Gasteiger partial charge in [-0.25, -0.2) is 4.39 Å². The van der Waals surface area contributed by atoms with E-state index in [-0.39, 0.29) is 0 Å². The average molecular weight is 301 g/mol. The highest BCUT2D eigenvalue weighted by Gasteiger charge is 2.27. The van der Waals surface area contributed by atoms with Crippen molar-refractivity contribution in [3.63, 3.8) is 0 Å². The molecule has 2 aromatic rings. The molecule has 0 aliphatic carbocycles. The molecule has 0 amide bonds. The minimum Gasteiger partial charge on any atom is -0.468 e. The maximum absolute atomic E-state index is 13.4. The van der Waals surface area contributed by atoms with E-state index in [0.29, 0.717) is 13.1 Å². The standard InChI is InChI=1S/C18H20FNO2/c1-22-18(21)17(12-19)20(13-15-8-4-2-5-9-15)14-16-10-6-3-7-11-16/h2-11,17H,12-14H2,1H3/t17-/m0/s1. The highest BCUT2D eigenvalue weighted by atomic mass is 19.1. The lowest BCUT2D eigenvalue weighted by Crippen LogP contribution is -2.42. The Bertz CT molecular complexity index is 533. The highest BCUT2D eigenvalue weighted by Crippen LogP contribution is 2.15. The van der Waals surface area contributed by atoms with E-state index in [1.807, 2.05) is 60.7 Å². The van der Waals surface area contributed by atoms with E-state index < -0.39 is 18.7 Å². The minimum absolute atomic E-state index is 0.486. The van der Waals surface area contributed by atoms with Gasteiger partial charge in [-0.1, -0.05) is 60.7 Å². The molecule has 0 aromatic heterocycles. The first kappa shape index (κ1) is 16.2. The molecule has 0 fully saturated rings. The van der Waals surface area contributed by atoms with Crippen molar-refractivity contribution < 1.29 is 13.9 Å². The third kappa shape index (κ3) is 4.40. The van der Waals surface area contributed by atoms with Crippen LogP contribution in [0.3, 0.4) is 0 Å². The van der Waals surface area contributed by atoms with Gasteiger partial charge in [0.25, 0.3) is 0 Å². The van der Waals surface area contributed by atoms with E-state index in [1.165, 1.54) is 7.11 Å². The van der Waals surface area contributed by atoms with Crippen LogP contribution in [0.25, 0.3) is 0 Å². The van der Waals surface area contributed by atoms with Crippen LogP contribution in [0.1, 0.15) is 11.1 Å². The number of nitrogens with zero attached hydrogens (tertiary/aromatic N) is 1. The number of hydrogen-bond donors (Lipinski definition) is 0. The van der Waals surface area contributed by atoms with Gasteiger partial charge >= 0.3 is 5.97 Å². The van der Waals surface area contributed by atoms with Crippen molar-refractivity contribution in [1.82, 2.24) is 4.90 Å². The molecule has 0 heterocycles. The van der Waals surface area contributed by atoms with Crippen LogP contribution < -0.4 is 0 Å². The Labute approximate surface area is 130 Å². The molecular formula is C18H20FNO2. The molecule has 116 valence electrons. The molecular weight excluding hydrogens is 281 g/mol. The summed E-state index contributed by atoms with van der Waals surface area (Å²) in [6.07, 6.45) is 0. The van der Waals surface area contributed by atoms with Crippen LogP contribution in [0.2, 0.25) is 0 Å². The van der Waals surface area contributed by atoms with Crippen LogP contribution in [0.15, 0.2) is 60.7 Å². The summed E-state index contributed by atoms with van der Waals surface area (Å²) < 4.78 is 18.1. The molecule has 2 aromatic carbocycles. The van der Waals surface area contributed by atoms with E-state index in [1.54, 1.807) is 4.90 Å². The number of halogens is 1. The van der Waals surface area contributed by atoms with Gasteiger partial charge in [0.15, 0.2) is 0 Å². The summed E-state index contributed by atoms with van der Waals surface area (Å²) in [5.74, 6) is -0.547. The lowest BCUT2D eigenvalue weighted by atomic mass is 10.1. The number of hydrogen-bond acceptors (Lipinski definition) is 3. The molecule has 0 unspecified atom stereocenters. The maximum atomic E-state index is 13.4. The first-order chi connectivity index (χ1) is 10.7. The Morgan fingerprint density at radius 3 is 1.82 bits per heavy atom. The molecule has 0 aliphatic rings. The fraction of sp³-hybridized carbons (Fsp3) is 0.278. The molecule has 22 heavy (non-hydrogen) atoms. The van der Waals surface area contributed by atoms with E-state index in [4.69, 9.17) is 4.74 Å².